The van der Waals surface area contributed by atoms with Gasteiger partial charge in [-0.1, -0.05) is 0 Å². The summed E-state index contributed by atoms with van der Waals surface area (Å²) in [5.74, 6) is -1.98. The molecule has 1 aromatic rings. The summed E-state index contributed by atoms with van der Waals surface area (Å²) in [6, 6.07) is 1.08. The van der Waals surface area contributed by atoms with Gasteiger partial charge in [0.15, 0.2) is 18.4 Å². The van der Waals surface area contributed by atoms with Crippen molar-refractivity contribution in [1.29, 1.82) is 0 Å². The van der Waals surface area contributed by atoms with Gasteiger partial charge in [-0.05, 0) is 0 Å². The standard InChI is InChI=1S/C15H18N2O9/c1-7(18)23-6-10-12(24-8(2)19)13(25-9(3)20)14(26-10)17-5-4-11(21)16-15(17)22/h4-5,10,12-14H,6H2,1-3H3,(H,16,21,22)/t10?,12?,13-,14?/m0/s1. The topological polar surface area (TPSA) is 143 Å². The number of carbonyl (C=O) groups excluding carboxylic acids is 3. The Hall–Kier alpha value is -2.95. The largest absolute Gasteiger partial charge is 0.463 e. The van der Waals surface area contributed by atoms with E-state index in [-0.39, 0.29) is 6.61 Å². The van der Waals surface area contributed by atoms with E-state index in [4.69, 9.17) is 18.9 Å². The summed E-state index contributed by atoms with van der Waals surface area (Å²) in [4.78, 5) is 59.3. The Kier molecular flexibility index (Phi) is 5.93. The first kappa shape index (κ1) is 19.4. The van der Waals surface area contributed by atoms with Crippen LogP contribution in [-0.4, -0.2) is 52.4 Å². The highest BCUT2D eigenvalue weighted by Crippen LogP contribution is 2.33. The van der Waals surface area contributed by atoms with E-state index < -0.39 is 53.7 Å². The van der Waals surface area contributed by atoms with Gasteiger partial charge >= 0.3 is 23.6 Å². The molecular formula is C15H18N2O9. The highest BCUT2D eigenvalue weighted by Gasteiger charge is 2.50. The first-order valence-electron chi connectivity index (χ1n) is 7.63. The summed E-state index contributed by atoms with van der Waals surface area (Å²) < 4.78 is 21.9. The van der Waals surface area contributed by atoms with E-state index in [1.54, 1.807) is 0 Å². The van der Waals surface area contributed by atoms with Crippen molar-refractivity contribution in [3.63, 3.8) is 0 Å². The molecule has 1 aromatic heterocycles. The fourth-order valence-corrected chi connectivity index (χ4v) is 2.54. The Morgan fingerprint density at radius 2 is 1.69 bits per heavy atom. The number of nitrogens with zero attached hydrogens (tertiary/aromatic N) is 1. The SMILES string of the molecule is CC(=O)OCC1OC(n2ccc(=O)[nH]c2=O)[C@@H](OC(C)=O)C1OC(C)=O. The summed E-state index contributed by atoms with van der Waals surface area (Å²) in [5.41, 5.74) is -1.43. The summed E-state index contributed by atoms with van der Waals surface area (Å²) >= 11 is 0. The molecule has 1 N–H and O–H groups in total. The summed E-state index contributed by atoms with van der Waals surface area (Å²) in [6.07, 6.45) is -3.36. The predicted octanol–water partition coefficient (Wildman–Crippen LogP) is -1.14. The first-order chi connectivity index (χ1) is 12.2. The van der Waals surface area contributed by atoms with Gasteiger partial charge in [0, 0.05) is 33.0 Å². The fraction of sp³-hybridized carbons (Fsp3) is 0.533. The molecular weight excluding hydrogens is 352 g/mol. The zero-order valence-corrected chi connectivity index (χ0v) is 14.3. The zero-order chi connectivity index (χ0) is 19.4. The summed E-state index contributed by atoms with van der Waals surface area (Å²) in [6.45, 7) is 3.17. The molecule has 0 aromatic carbocycles. The van der Waals surface area contributed by atoms with Crippen LogP contribution >= 0.6 is 0 Å². The minimum Gasteiger partial charge on any atom is -0.463 e. The number of hydrogen-bond donors (Lipinski definition) is 1. The lowest BCUT2D eigenvalue weighted by Crippen LogP contribution is -2.42. The smallest absolute Gasteiger partial charge is 0.330 e. The van der Waals surface area contributed by atoms with Crippen LogP contribution in [0.4, 0.5) is 0 Å². The van der Waals surface area contributed by atoms with Crippen molar-refractivity contribution in [2.45, 2.75) is 45.3 Å². The quantitative estimate of drug-likeness (QED) is 0.502. The van der Waals surface area contributed by atoms with Crippen LogP contribution in [0.5, 0.6) is 0 Å². The summed E-state index contributed by atoms with van der Waals surface area (Å²) in [7, 11) is 0. The molecule has 1 fully saturated rings. The molecule has 4 atom stereocenters. The molecule has 11 heteroatoms. The van der Waals surface area contributed by atoms with E-state index in [0.29, 0.717) is 0 Å². The molecule has 0 saturated carbocycles. The van der Waals surface area contributed by atoms with Gasteiger partial charge in [0.05, 0.1) is 0 Å². The maximum atomic E-state index is 12.1. The predicted molar refractivity (Wildman–Crippen MR) is 83.0 cm³/mol. The minimum absolute atomic E-state index is 0.292. The van der Waals surface area contributed by atoms with Gasteiger partial charge in [-0.15, -0.1) is 0 Å². The van der Waals surface area contributed by atoms with Gasteiger partial charge in [-0.25, -0.2) is 4.79 Å². The van der Waals surface area contributed by atoms with E-state index in [1.807, 2.05) is 4.98 Å². The third-order valence-electron chi connectivity index (χ3n) is 3.47. The molecule has 1 aliphatic rings. The molecule has 0 spiro atoms. The van der Waals surface area contributed by atoms with Crippen LogP contribution in [0.3, 0.4) is 0 Å². The van der Waals surface area contributed by atoms with Crippen LogP contribution in [0, 0.1) is 0 Å². The van der Waals surface area contributed by atoms with Crippen LogP contribution < -0.4 is 11.2 Å². The molecule has 26 heavy (non-hydrogen) atoms. The maximum absolute atomic E-state index is 12.1. The highest BCUT2D eigenvalue weighted by molar-refractivity contribution is 5.67. The Morgan fingerprint density at radius 3 is 2.23 bits per heavy atom. The average Bonchev–Trinajstić information content (AvgIpc) is 2.82. The van der Waals surface area contributed by atoms with Crippen molar-refractivity contribution in [2.24, 2.45) is 0 Å². The molecule has 11 nitrogen and oxygen atoms in total. The van der Waals surface area contributed by atoms with Gasteiger partial charge in [0.1, 0.15) is 12.7 Å². The lowest BCUT2D eigenvalue weighted by Gasteiger charge is -2.23. The number of ether oxygens (including phenoxy) is 4. The Bertz CT molecular complexity index is 812. The normalized spacial score (nSPS) is 24.7. The number of aromatic amines is 1. The van der Waals surface area contributed by atoms with Crippen LogP contribution in [0.15, 0.2) is 21.9 Å². The second-order valence-electron chi connectivity index (χ2n) is 5.53. The third-order valence-corrected chi connectivity index (χ3v) is 3.47. The van der Waals surface area contributed by atoms with Crippen molar-refractivity contribution < 1.29 is 33.3 Å². The number of H-pyrrole nitrogens is 1. The van der Waals surface area contributed by atoms with E-state index in [2.05, 4.69) is 0 Å². The molecule has 0 amide bonds. The second-order valence-corrected chi connectivity index (χ2v) is 5.53. The van der Waals surface area contributed by atoms with Crippen LogP contribution in [0.2, 0.25) is 0 Å². The van der Waals surface area contributed by atoms with Gasteiger partial charge < -0.3 is 18.9 Å². The first-order valence-corrected chi connectivity index (χ1v) is 7.63. The molecule has 0 radical (unpaired) electrons. The van der Waals surface area contributed by atoms with E-state index in [0.717, 1.165) is 30.7 Å². The average molecular weight is 370 g/mol. The number of rotatable bonds is 5. The molecule has 0 bridgehead atoms. The second kappa shape index (κ2) is 7.95. The summed E-state index contributed by atoms with van der Waals surface area (Å²) in [5, 5.41) is 0. The Balaban J connectivity index is 2.41. The van der Waals surface area contributed by atoms with E-state index >= 15 is 0 Å². The Morgan fingerprint density at radius 1 is 1.08 bits per heavy atom. The molecule has 1 aliphatic heterocycles. The molecule has 0 aliphatic carbocycles. The van der Waals surface area contributed by atoms with E-state index in [1.165, 1.54) is 6.92 Å². The van der Waals surface area contributed by atoms with Crippen molar-refractivity contribution >= 4 is 17.9 Å². The van der Waals surface area contributed by atoms with Gasteiger partial charge in [-0.2, -0.15) is 0 Å². The molecule has 2 rings (SSSR count). The monoisotopic (exact) mass is 370 g/mol. The van der Waals surface area contributed by atoms with Crippen molar-refractivity contribution in [2.75, 3.05) is 6.61 Å². The lowest BCUT2D eigenvalue weighted by molar-refractivity contribution is -0.166. The van der Waals surface area contributed by atoms with E-state index in [9.17, 15) is 24.0 Å². The molecule has 3 unspecified atom stereocenters. The number of hydrogen-bond acceptors (Lipinski definition) is 9. The number of carbonyl (C=O) groups is 3. The van der Waals surface area contributed by atoms with Crippen LogP contribution in [0.25, 0.3) is 0 Å². The fourth-order valence-electron chi connectivity index (χ4n) is 2.54. The maximum Gasteiger partial charge on any atom is 0.330 e. The van der Waals surface area contributed by atoms with Gasteiger partial charge in [0.2, 0.25) is 0 Å². The van der Waals surface area contributed by atoms with Gasteiger partial charge in [0.25, 0.3) is 5.56 Å². The van der Waals surface area contributed by atoms with Crippen molar-refractivity contribution in [3.8, 4) is 0 Å². The lowest BCUT2D eigenvalue weighted by atomic mass is 10.1. The number of esters is 3. The molecule has 142 valence electrons. The third kappa shape index (κ3) is 4.57. The highest BCUT2D eigenvalue weighted by atomic mass is 16.7. The molecule has 1 saturated heterocycles. The molecule has 2 heterocycles. The number of aromatic nitrogens is 2. The van der Waals surface area contributed by atoms with Crippen LogP contribution in [-0.2, 0) is 33.3 Å². The van der Waals surface area contributed by atoms with Gasteiger partial charge in [-0.3, -0.25) is 28.7 Å². The Labute approximate surface area is 146 Å². The van der Waals surface area contributed by atoms with Crippen molar-refractivity contribution in [1.82, 2.24) is 9.55 Å². The van der Waals surface area contributed by atoms with Crippen LogP contribution in [0.1, 0.15) is 27.0 Å². The minimum atomic E-state index is -1.20. The zero-order valence-electron chi connectivity index (χ0n) is 14.3. The van der Waals surface area contributed by atoms with Crippen molar-refractivity contribution in [3.05, 3.63) is 33.1 Å². The number of nitrogens with one attached hydrogen (secondary N) is 1.